The highest BCUT2D eigenvalue weighted by Crippen LogP contribution is 2.27. The molecule has 144 valence electrons. The van der Waals surface area contributed by atoms with Crippen LogP contribution in [0.1, 0.15) is 31.2 Å². The molecule has 0 saturated carbocycles. The molecule has 4 rings (SSSR count). The summed E-state index contributed by atoms with van der Waals surface area (Å²) in [6.45, 7) is 4.00. The highest BCUT2D eigenvalue weighted by atomic mass is 16.2. The fourth-order valence-electron chi connectivity index (χ4n) is 4.73. The summed E-state index contributed by atoms with van der Waals surface area (Å²) in [4.78, 5) is 24.3. The van der Waals surface area contributed by atoms with Crippen LogP contribution in [0.5, 0.6) is 0 Å². The first-order chi connectivity index (χ1) is 13.1. The molecule has 0 N–H and O–H groups in total. The second-order valence-corrected chi connectivity index (χ2v) is 8.14. The Morgan fingerprint density at radius 1 is 1.19 bits per heavy atom. The third-order valence-corrected chi connectivity index (χ3v) is 6.29. The summed E-state index contributed by atoms with van der Waals surface area (Å²) in [5, 5.41) is 2.32. The zero-order valence-corrected chi connectivity index (χ0v) is 16.5. The van der Waals surface area contributed by atoms with E-state index >= 15 is 0 Å². The van der Waals surface area contributed by atoms with Crippen LogP contribution in [0.2, 0.25) is 0 Å². The Labute approximate surface area is 162 Å². The van der Waals surface area contributed by atoms with Crippen molar-refractivity contribution in [1.29, 1.82) is 0 Å². The molecule has 2 saturated heterocycles. The third-order valence-electron chi connectivity index (χ3n) is 6.29. The largest absolute Gasteiger partial charge is 0.340 e. The summed E-state index contributed by atoms with van der Waals surface area (Å²) in [6, 6.07) is 8.92. The molecule has 5 heteroatoms. The Balaban J connectivity index is 1.46. The van der Waals surface area contributed by atoms with Gasteiger partial charge in [0.15, 0.2) is 0 Å². The van der Waals surface area contributed by atoms with E-state index in [9.17, 15) is 4.79 Å². The number of amides is 1. The van der Waals surface area contributed by atoms with E-state index in [2.05, 4.69) is 40.0 Å². The fraction of sp³-hybridized carbons (Fsp3) is 0.545. The summed E-state index contributed by atoms with van der Waals surface area (Å²) < 4.78 is 0. The number of carbonyl (C=O) groups is 1. The van der Waals surface area contributed by atoms with Crippen molar-refractivity contribution in [3.63, 3.8) is 0 Å². The molecule has 1 aromatic carbocycles. The molecule has 2 aliphatic rings. The van der Waals surface area contributed by atoms with Crippen LogP contribution in [0.4, 0.5) is 0 Å². The molecule has 2 aliphatic heterocycles. The second kappa shape index (κ2) is 7.95. The number of likely N-dealkylation sites (N-methyl/N-ethyl adjacent to an activating group) is 1. The summed E-state index contributed by atoms with van der Waals surface area (Å²) >= 11 is 0. The van der Waals surface area contributed by atoms with Crippen molar-refractivity contribution in [2.75, 3.05) is 33.7 Å². The molecule has 1 atom stereocenters. The fourth-order valence-corrected chi connectivity index (χ4v) is 4.73. The Bertz CT molecular complexity index is 795. The number of hydrogen-bond acceptors (Lipinski definition) is 4. The molecule has 0 unspecified atom stereocenters. The van der Waals surface area contributed by atoms with Crippen LogP contribution in [0.3, 0.4) is 0 Å². The molecule has 5 nitrogen and oxygen atoms in total. The van der Waals surface area contributed by atoms with Crippen LogP contribution in [0.25, 0.3) is 10.8 Å². The van der Waals surface area contributed by atoms with Crippen molar-refractivity contribution >= 4 is 16.7 Å². The highest BCUT2D eigenvalue weighted by Gasteiger charge is 2.37. The van der Waals surface area contributed by atoms with Gasteiger partial charge in [0.05, 0.1) is 6.04 Å². The van der Waals surface area contributed by atoms with E-state index in [0.717, 1.165) is 37.9 Å². The minimum absolute atomic E-state index is 0.0556. The first-order valence-electron chi connectivity index (χ1n) is 10.1. The first kappa shape index (κ1) is 18.4. The van der Waals surface area contributed by atoms with Gasteiger partial charge in [-0.2, -0.15) is 0 Å². The lowest BCUT2D eigenvalue weighted by molar-refractivity contribution is -0.136. The third kappa shape index (κ3) is 3.85. The molecule has 27 heavy (non-hydrogen) atoms. The molecule has 0 radical (unpaired) electrons. The molecule has 2 fully saturated rings. The van der Waals surface area contributed by atoms with Gasteiger partial charge in [-0.05, 0) is 69.4 Å². The number of rotatable bonds is 4. The number of fused-ring (bicyclic) bond motifs is 1. The van der Waals surface area contributed by atoms with Crippen LogP contribution >= 0.6 is 0 Å². The lowest BCUT2D eigenvalue weighted by Gasteiger charge is -2.38. The van der Waals surface area contributed by atoms with Gasteiger partial charge < -0.3 is 9.80 Å². The van der Waals surface area contributed by atoms with Gasteiger partial charge in [0.25, 0.3) is 0 Å². The van der Waals surface area contributed by atoms with Gasteiger partial charge in [-0.15, -0.1) is 0 Å². The summed E-state index contributed by atoms with van der Waals surface area (Å²) in [6.07, 6.45) is 8.21. The van der Waals surface area contributed by atoms with Gasteiger partial charge in [0.2, 0.25) is 5.91 Å². The molecular formula is C22H30N4O. The van der Waals surface area contributed by atoms with Gasteiger partial charge in [0, 0.05) is 37.4 Å². The molecule has 2 aromatic rings. The number of hydrogen-bond donors (Lipinski definition) is 0. The van der Waals surface area contributed by atoms with E-state index in [-0.39, 0.29) is 11.9 Å². The Kier molecular flexibility index (Phi) is 5.41. The lowest BCUT2D eigenvalue weighted by Crippen LogP contribution is -2.51. The van der Waals surface area contributed by atoms with Crippen LogP contribution in [-0.2, 0) is 11.3 Å². The van der Waals surface area contributed by atoms with Crippen molar-refractivity contribution < 1.29 is 4.79 Å². The number of benzene rings is 1. The standard InChI is InChI=1S/C22H30N4O/c1-24-13-9-19(10-14-24)26-12-4-7-21(26)22(27)25(2)16-18-6-3-5-17-15-23-11-8-20(17)18/h3,5-6,8,11,15,19,21H,4,7,9-10,12-14,16H2,1-2H3/t21-/m0/s1. The highest BCUT2D eigenvalue weighted by molar-refractivity contribution is 5.86. The smallest absolute Gasteiger partial charge is 0.239 e. The summed E-state index contributed by atoms with van der Waals surface area (Å²) in [5.74, 6) is 0.275. The Morgan fingerprint density at radius 3 is 2.81 bits per heavy atom. The van der Waals surface area contributed by atoms with Crippen LogP contribution in [0, 0.1) is 0 Å². The minimum Gasteiger partial charge on any atom is -0.340 e. The SMILES string of the molecule is CN1CCC(N2CCC[C@H]2C(=O)N(C)Cc2cccc3cnccc23)CC1. The molecule has 1 aromatic heterocycles. The minimum atomic E-state index is 0.0556. The number of nitrogens with zero attached hydrogens (tertiary/aromatic N) is 4. The monoisotopic (exact) mass is 366 g/mol. The maximum absolute atomic E-state index is 13.3. The molecule has 0 spiro atoms. The van der Waals surface area contributed by atoms with E-state index in [1.54, 1.807) is 0 Å². The molecule has 3 heterocycles. The van der Waals surface area contributed by atoms with Gasteiger partial charge in [-0.1, -0.05) is 18.2 Å². The number of pyridine rings is 1. The van der Waals surface area contributed by atoms with Gasteiger partial charge in [0.1, 0.15) is 0 Å². The van der Waals surface area contributed by atoms with Gasteiger partial charge in [-0.25, -0.2) is 0 Å². The summed E-state index contributed by atoms with van der Waals surface area (Å²) in [5.41, 5.74) is 1.19. The second-order valence-electron chi connectivity index (χ2n) is 8.14. The van der Waals surface area contributed by atoms with Crippen molar-refractivity contribution in [1.82, 2.24) is 19.7 Å². The number of carbonyl (C=O) groups excluding carboxylic acids is 1. The first-order valence-corrected chi connectivity index (χ1v) is 10.1. The maximum atomic E-state index is 13.3. The average Bonchev–Trinajstić information content (AvgIpc) is 3.18. The van der Waals surface area contributed by atoms with E-state index in [4.69, 9.17) is 0 Å². The maximum Gasteiger partial charge on any atom is 0.239 e. The Hall–Kier alpha value is -1.98. The number of piperidine rings is 1. The molecule has 0 bridgehead atoms. The average molecular weight is 367 g/mol. The van der Waals surface area contributed by atoms with Crippen molar-refractivity contribution in [2.24, 2.45) is 0 Å². The lowest BCUT2D eigenvalue weighted by atomic mass is 10.0. The van der Waals surface area contributed by atoms with Crippen LogP contribution < -0.4 is 0 Å². The molecule has 0 aliphatic carbocycles. The van der Waals surface area contributed by atoms with E-state index in [0.29, 0.717) is 12.6 Å². The zero-order valence-electron chi connectivity index (χ0n) is 16.5. The van der Waals surface area contributed by atoms with Crippen molar-refractivity contribution in [2.45, 2.75) is 44.3 Å². The van der Waals surface area contributed by atoms with E-state index in [1.807, 2.05) is 30.4 Å². The Morgan fingerprint density at radius 2 is 2.00 bits per heavy atom. The topological polar surface area (TPSA) is 39.7 Å². The van der Waals surface area contributed by atoms with Crippen LogP contribution in [-0.4, -0.2) is 71.4 Å². The van der Waals surface area contributed by atoms with Crippen molar-refractivity contribution in [3.05, 3.63) is 42.2 Å². The predicted molar refractivity (Wildman–Crippen MR) is 108 cm³/mol. The molecule has 1 amide bonds. The zero-order chi connectivity index (χ0) is 18.8. The number of likely N-dealkylation sites (tertiary alicyclic amines) is 2. The quantitative estimate of drug-likeness (QED) is 0.834. The normalized spacial score (nSPS) is 22.4. The van der Waals surface area contributed by atoms with Crippen molar-refractivity contribution in [3.8, 4) is 0 Å². The summed E-state index contributed by atoms with van der Waals surface area (Å²) in [7, 11) is 4.14. The van der Waals surface area contributed by atoms with Gasteiger partial charge >= 0.3 is 0 Å². The van der Waals surface area contributed by atoms with E-state index in [1.165, 1.54) is 23.8 Å². The predicted octanol–water partition coefficient (Wildman–Crippen LogP) is 2.75. The van der Waals surface area contributed by atoms with E-state index < -0.39 is 0 Å². The number of aromatic nitrogens is 1. The molecular weight excluding hydrogens is 336 g/mol. The van der Waals surface area contributed by atoms with Gasteiger partial charge in [-0.3, -0.25) is 14.7 Å². The van der Waals surface area contributed by atoms with Crippen LogP contribution in [0.15, 0.2) is 36.7 Å².